The Kier molecular flexibility index (Phi) is 8.53. The van der Waals surface area contributed by atoms with E-state index in [4.69, 9.17) is 0 Å². The first-order valence-electron chi connectivity index (χ1n) is 22.3. The van der Waals surface area contributed by atoms with Gasteiger partial charge in [0, 0.05) is 50.0 Å². The third-order valence-corrected chi connectivity index (χ3v) is 13.3. The molecule has 65 heavy (non-hydrogen) atoms. The summed E-state index contributed by atoms with van der Waals surface area (Å²) in [5, 5.41) is 7.75. The summed E-state index contributed by atoms with van der Waals surface area (Å²) >= 11 is 0. The van der Waals surface area contributed by atoms with Gasteiger partial charge in [-0.2, -0.15) is 0 Å². The zero-order chi connectivity index (χ0) is 42.8. The number of anilines is 3. The molecule has 13 aromatic rings. The predicted octanol–water partition coefficient (Wildman–Crippen LogP) is 16.9. The highest BCUT2D eigenvalue weighted by molar-refractivity contribution is 6.24. The molecule has 0 atom stereocenters. The summed E-state index contributed by atoms with van der Waals surface area (Å²) in [5.74, 6) is 0. The van der Waals surface area contributed by atoms with Crippen molar-refractivity contribution in [3.63, 3.8) is 0 Å². The van der Waals surface area contributed by atoms with E-state index < -0.39 is 0 Å². The third-order valence-electron chi connectivity index (χ3n) is 13.3. The van der Waals surface area contributed by atoms with E-state index in [1.165, 1.54) is 87.8 Å². The Labute approximate surface area is 377 Å². The summed E-state index contributed by atoms with van der Waals surface area (Å²) in [6, 6.07) is 90.5. The van der Waals surface area contributed by atoms with Gasteiger partial charge < -0.3 is 14.0 Å². The molecule has 2 aromatic heterocycles. The monoisotopic (exact) mass is 827 g/mol. The van der Waals surface area contributed by atoms with Crippen LogP contribution in [-0.2, 0) is 0 Å². The van der Waals surface area contributed by atoms with Crippen molar-refractivity contribution in [3.05, 3.63) is 249 Å². The molecule has 0 N–H and O–H groups in total. The summed E-state index contributed by atoms with van der Waals surface area (Å²) in [7, 11) is 0. The number of hydrogen-bond donors (Lipinski definition) is 0. The Morgan fingerprint density at radius 1 is 0.246 bits per heavy atom. The van der Waals surface area contributed by atoms with Gasteiger partial charge in [-0.25, -0.2) is 0 Å². The van der Waals surface area contributed by atoms with Crippen molar-refractivity contribution in [2.24, 2.45) is 0 Å². The Morgan fingerprint density at radius 3 is 1.15 bits per heavy atom. The lowest BCUT2D eigenvalue weighted by atomic mass is 10.0. The summed E-state index contributed by atoms with van der Waals surface area (Å²) in [4.78, 5) is 2.35. The molecule has 3 nitrogen and oxygen atoms in total. The lowest BCUT2D eigenvalue weighted by molar-refractivity contribution is 1.18. The molecule has 0 saturated carbocycles. The van der Waals surface area contributed by atoms with E-state index in [1.54, 1.807) is 0 Å². The average molecular weight is 828 g/mol. The zero-order valence-electron chi connectivity index (χ0n) is 35.5. The molecule has 0 fully saturated rings. The number of aromatic nitrogens is 2. The largest absolute Gasteiger partial charge is 0.311 e. The van der Waals surface area contributed by atoms with E-state index >= 15 is 0 Å². The Morgan fingerprint density at radius 2 is 0.631 bits per heavy atom. The molecule has 0 radical (unpaired) electrons. The van der Waals surface area contributed by atoms with E-state index in [2.05, 4.69) is 263 Å². The van der Waals surface area contributed by atoms with Crippen molar-refractivity contribution < 1.29 is 0 Å². The van der Waals surface area contributed by atoms with Gasteiger partial charge in [0.25, 0.3) is 0 Å². The van der Waals surface area contributed by atoms with Crippen LogP contribution in [0.1, 0.15) is 0 Å². The fourth-order valence-corrected chi connectivity index (χ4v) is 10.2. The first kappa shape index (κ1) is 36.9. The number of rotatable bonds is 8. The molecule has 3 heteroatoms. The second-order valence-corrected chi connectivity index (χ2v) is 17.0. The SMILES string of the molecule is c1ccc(-c2ccc(N(c3ccc(-c4ccc(-n5c6cccc7ccc8cccc5c8c76)cc4)cc3)c3ccc(-c4cccc(-n5c6ccccc6c6ccccc65)c4)cc3)cc2)cc1. The number of hydrogen-bond acceptors (Lipinski definition) is 1. The van der Waals surface area contributed by atoms with Gasteiger partial charge in [-0.05, 0) is 129 Å². The maximum atomic E-state index is 2.41. The topological polar surface area (TPSA) is 13.1 Å². The van der Waals surface area contributed by atoms with Crippen LogP contribution in [0.4, 0.5) is 17.1 Å². The Hall–Kier alpha value is -8.66. The molecule has 11 aromatic carbocycles. The van der Waals surface area contributed by atoms with Gasteiger partial charge in [-0.3, -0.25) is 0 Å². The van der Waals surface area contributed by atoms with Gasteiger partial charge >= 0.3 is 0 Å². The van der Waals surface area contributed by atoms with E-state index in [0.29, 0.717) is 0 Å². The number of fused-ring (bicyclic) bond motifs is 3. The molecule has 0 aliphatic rings. The summed E-state index contributed by atoms with van der Waals surface area (Å²) < 4.78 is 4.79. The molecule has 0 aliphatic carbocycles. The number of para-hydroxylation sites is 2. The minimum Gasteiger partial charge on any atom is -0.311 e. The van der Waals surface area contributed by atoms with E-state index in [1.807, 2.05) is 0 Å². The molecule has 0 aliphatic heterocycles. The maximum Gasteiger partial charge on any atom is 0.0547 e. The minimum atomic E-state index is 1.09. The molecule has 13 rings (SSSR count). The predicted molar refractivity (Wildman–Crippen MR) is 275 cm³/mol. The van der Waals surface area contributed by atoms with Crippen LogP contribution >= 0.6 is 0 Å². The van der Waals surface area contributed by atoms with Crippen LogP contribution in [0, 0.1) is 0 Å². The van der Waals surface area contributed by atoms with Crippen LogP contribution < -0.4 is 4.90 Å². The molecule has 0 saturated heterocycles. The van der Waals surface area contributed by atoms with Gasteiger partial charge in [-0.15, -0.1) is 0 Å². The smallest absolute Gasteiger partial charge is 0.0547 e. The van der Waals surface area contributed by atoms with E-state index in [0.717, 1.165) is 28.4 Å². The quantitative estimate of drug-likeness (QED) is 0.139. The standard InChI is InChI=1S/C62H41N3/c1-2-11-42(12-3-1)43-25-33-50(34-26-43)63(52-37-31-46(32-38-52)49-15-8-16-54(41-49)65-57-19-6-4-17-55(57)56-18-5-7-20-58(56)65)51-35-27-44(28-36-51)45-29-39-53(40-30-45)64-59-21-9-13-47-23-24-48-14-10-22-60(64)62(48)61(47)59/h1-41H. The molecule has 0 bridgehead atoms. The average Bonchev–Trinajstić information content (AvgIpc) is 3.91. The first-order chi connectivity index (χ1) is 32.2. The summed E-state index contributed by atoms with van der Waals surface area (Å²) in [5.41, 5.74) is 17.6. The van der Waals surface area contributed by atoms with Crippen LogP contribution in [0.25, 0.3) is 99.1 Å². The first-order valence-corrected chi connectivity index (χ1v) is 22.3. The van der Waals surface area contributed by atoms with Crippen molar-refractivity contribution >= 4 is 71.4 Å². The van der Waals surface area contributed by atoms with Crippen LogP contribution in [0.5, 0.6) is 0 Å². The highest BCUT2D eigenvalue weighted by atomic mass is 15.1. The molecular weight excluding hydrogens is 787 g/mol. The van der Waals surface area contributed by atoms with Crippen LogP contribution in [0.15, 0.2) is 249 Å². The second kappa shape index (κ2) is 15.0. The van der Waals surface area contributed by atoms with Crippen molar-refractivity contribution in [1.82, 2.24) is 9.13 Å². The molecule has 304 valence electrons. The van der Waals surface area contributed by atoms with Crippen molar-refractivity contribution in [2.45, 2.75) is 0 Å². The number of nitrogens with zero attached hydrogens (tertiary/aromatic N) is 3. The molecule has 0 unspecified atom stereocenters. The van der Waals surface area contributed by atoms with Gasteiger partial charge in [0.1, 0.15) is 0 Å². The van der Waals surface area contributed by atoms with Gasteiger partial charge in [0.2, 0.25) is 0 Å². The highest BCUT2D eigenvalue weighted by Crippen LogP contribution is 2.41. The molecule has 0 spiro atoms. The maximum absolute atomic E-state index is 2.41. The normalized spacial score (nSPS) is 11.7. The van der Waals surface area contributed by atoms with E-state index in [-0.39, 0.29) is 0 Å². The number of benzene rings is 11. The lowest BCUT2D eigenvalue weighted by Crippen LogP contribution is -2.09. The van der Waals surface area contributed by atoms with Crippen molar-refractivity contribution in [1.29, 1.82) is 0 Å². The van der Waals surface area contributed by atoms with Crippen molar-refractivity contribution in [3.8, 4) is 44.8 Å². The van der Waals surface area contributed by atoms with Crippen LogP contribution in [0.2, 0.25) is 0 Å². The highest BCUT2D eigenvalue weighted by Gasteiger charge is 2.18. The Bertz CT molecular complexity index is 3720. The van der Waals surface area contributed by atoms with Gasteiger partial charge in [-0.1, -0.05) is 164 Å². The van der Waals surface area contributed by atoms with Crippen LogP contribution in [0.3, 0.4) is 0 Å². The van der Waals surface area contributed by atoms with Crippen LogP contribution in [-0.4, -0.2) is 9.13 Å². The van der Waals surface area contributed by atoms with E-state index in [9.17, 15) is 0 Å². The minimum absolute atomic E-state index is 1.09. The zero-order valence-corrected chi connectivity index (χ0v) is 35.5. The molecular formula is C62H41N3. The van der Waals surface area contributed by atoms with Gasteiger partial charge in [0.15, 0.2) is 0 Å². The molecule has 0 amide bonds. The summed E-state index contributed by atoms with van der Waals surface area (Å²) in [6.07, 6.45) is 0. The fourth-order valence-electron chi connectivity index (χ4n) is 10.2. The second-order valence-electron chi connectivity index (χ2n) is 17.0. The molecule has 2 heterocycles. The lowest BCUT2D eigenvalue weighted by Gasteiger charge is -2.26. The summed E-state index contributed by atoms with van der Waals surface area (Å²) in [6.45, 7) is 0. The fraction of sp³-hybridized carbons (Fsp3) is 0. The van der Waals surface area contributed by atoms with Gasteiger partial charge in [0.05, 0.1) is 22.1 Å². The van der Waals surface area contributed by atoms with Crippen molar-refractivity contribution in [2.75, 3.05) is 4.90 Å². The third kappa shape index (κ3) is 6.12. The Balaban J connectivity index is 0.844.